The molecule has 0 fully saturated rings. The van der Waals surface area contributed by atoms with Gasteiger partial charge in [-0.1, -0.05) is 5.22 Å². The van der Waals surface area contributed by atoms with Gasteiger partial charge in [-0.25, -0.2) is 0 Å². The van der Waals surface area contributed by atoms with E-state index >= 15 is 0 Å². The summed E-state index contributed by atoms with van der Waals surface area (Å²) in [6.45, 7) is 0. The summed E-state index contributed by atoms with van der Waals surface area (Å²) in [6, 6.07) is 5.77. The number of nitrogens with zero attached hydrogens (tertiary/aromatic N) is 4. The Labute approximate surface area is 81.4 Å². The predicted molar refractivity (Wildman–Crippen MR) is 54.3 cm³/mol. The SMILES string of the molecule is CN(C)N=Nc1ccc2[nH]ncc2c1. The summed E-state index contributed by atoms with van der Waals surface area (Å²) in [4.78, 5) is 0. The van der Waals surface area contributed by atoms with Crippen LogP contribution in [-0.4, -0.2) is 29.3 Å². The molecule has 0 aliphatic carbocycles. The van der Waals surface area contributed by atoms with Gasteiger partial charge in [-0.3, -0.25) is 10.1 Å². The number of nitrogens with one attached hydrogen (secondary N) is 1. The molecule has 5 heteroatoms. The fourth-order valence-corrected chi connectivity index (χ4v) is 1.13. The molecule has 1 aromatic carbocycles. The molecule has 5 nitrogen and oxygen atoms in total. The molecule has 0 aliphatic heterocycles. The number of rotatable bonds is 2. The van der Waals surface area contributed by atoms with E-state index in [1.165, 1.54) is 0 Å². The number of hydrogen-bond acceptors (Lipinski definition) is 3. The standard InChI is InChI=1S/C9H11N5/c1-14(2)13-11-8-3-4-9-7(5-8)6-10-12-9/h3-6H,1-2H3,(H,10,12). The van der Waals surface area contributed by atoms with Crippen molar-refractivity contribution in [3.05, 3.63) is 24.4 Å². The maximum absolute atomic E-state index is 4.04. The highest BCUT2D eigenvalue weighted by Crippen LogP contribution is 2.19. The van der Waals surface area contributed by atoms with Crippen LogP contribution in [0.15, 0.2) is 34.7 Å². The van der Waals surface area contributed by atoms with Gasteiger partial charge in [0.25, 0.3) is 0 Å². The van der Waals surface area contributed by atoms with Crippen LogP contribution < -0.4 is 0 Å². The summed E-state index contributed by atoms with van der Waals surface area (Å²) >= 11 is 0. The minimum Gasteiger partial charge on any atom is -0.285 e. The molecule has 14 heavy (non-hydrogen) atoms. The first kappa shape index (κ1) is 8.68. The smallest absolute Gasteiger partial charge is 0.0882 e. The zero-order chi connectivity index (χ0) is 9.97. The van der Waals surface area contributed by atoms with Crippen molar-refractivity contribution in [3.8, 4) is 0 Å². The Morgan fingerprint density at radius 3 is 3.00 bits per heavy atom. The van der Waals surface area contributed by atoms with Crippen molar-refractivity contribution < 1.29 is 0 Å². The van der Waals surface area contributed by atoms with Crippen molar-refractivity contribution in [1.82, 2.24) is 15.2 Å². The molecule has 1 N–H and O–H groups in total. The van der Waals surface area contributed by atoms with Gasteiger partial charge in [0.2, 0.25) is 0 Å². The Morgan fingerprint density at radius 2 is 2.21 bits per heavy atom. The van der Waals surface area contributed by atoms with E-state index in [4.69, 9.17) is 0 Å². The minimum absolute atomic E-state index is 0.826. The monoisotopic (exact) mass is 189 g/mol. The van der Waals surface area contributed by atoms with Gasteiger partial charge in [-0.05, 0) is 18.2 Å². The van der Waals surface area contributed by atoms with Crippen LogP contribution in [0.25, 0.3) is 10.9 Å². The average Bonchev–Trinajstić information content (AvgIpc) is 2.61. The Hall–Kier alpha value is -1.91. The fourth-order valence-electron chi connectivity index (χ4n) is 1.13. The van der Waals surface area contributed by atoms with Gasteiger partial charge in [0.05, 0.1) is 17.4 Å². The lowest BCUT2D eigenvalue weighted by atomic mass is 10.2. The molecule has 0 saturated heterocycles. The Kier molecular flexibility index (Phi) is 2.14. The maximum atomic E-state index is 4.04. The zero-order valence-electron chi connectivity index (χ0n) is 8.10. The maximum Gasteiger partial charge on any atom is 0.0882 e. The molecule has 2 aromatic rings. The zero-order valence-corrected chi connectivity index (χ0v) is 8.10. The summed E-state index contributed by atoms with van der Waals surface area (Å²) in [7, 11) is 3.67. The fraction of sp³-hybridized carbons (Fsp3) is 0.222. The van der Waals surface area contributed by atoms with Crippen LogP contribution in [0.3, 0.4) is 0 Å². The molecule has 0 bridgehead atoms. The number of aromatic amines is 1. The van der Waals surface area contributed by atoms with Crippen LogP contribution in [0.1, 0.15) is 0 Å². The number of aromatic nitrogens is 2. The van der Waals surface area contributed by atoms with Gasteiger partial charge in [-0.15, -0.1) is 5.11 Å². The largest absolute Gasteiger partial charge is 0.285 e. The van der Waals surface area contributed by atoms with E-state index in [1.807, 2.05) is 32.3 Å². The van der Waals surface area contributed by atoms with Crippen molar-refractivity contribution in [2.45, 2.75) is 0 Å². The molecule has 72 valence electrons. The van der Waals surface area contributed by atoms with Crippen LogP contribution in [-0.2, 0) is 0 Å². The van der Waals surface area contributed by atoms with E-state index < -0.39 is 0 Å². The highest BCUT2D eigenvalue weighted by atomic mass is 15.5. The lowest BCUT2D eigenvalue weighted by Crippen LogP contribution is -1.98. The van der Waals surface area contributed by atoms with E-state index in [2.05, 4.69) is 20.5 Å². The van der Waals surface area contributed by atoms with Crippen LogP contribution in [0.2, 0.25) is 0 Å². The summed E-state index contributed by atoms with van der Waals surface area (Å²) in [5, 5.41) is 17.5. The van der Waals surface area contributed by atoms with Gasteiger partial charge in [0.1, 0.15) is 0 Å². The lowest BCUT2D eigenvalue weighted by Gasteiger charge is -1.99. The van der Waals surface area contributed by atoms with E-state index in [1.54, 1.807) is 11.2 Å². The first-order chi connectivity index (χ1) is 6.75. The summed E-state index contributed by atoms with van der Waals surface area (Å²) in [5.74, 6) is 0. The van der Waals surface area contributed by atoms with Crippen molar-refractivity contribution in [2.75, 3.05) is 14.1 Å². The molecule has 0 radical (unpaired) electrons. The van der Waals surface area contributed by atoms with Gasteiger partial charge < -0.3 is 0 Å². The quantitative estimate of drug-likeness (QED) is 0.581. The minimum atomic E-state index is 0.826. The van der Waals surface area contributed by atoms with E-state index in [0.717, 1.165) is 16.6 Å². The summed E-state index contributed by atoms with van der Waals surface area (Å²) in [5.41, 5.74) is 1.83. The highest BCUT2D eigenvalue weighted by Gasteiger charge is 1.96. The van der Waals surface area contributed by atoms with Crippen molar-refractivity contribution in [3.63, 3.8) is 0 Å². The molecule has 0 amide bonds. The first-order valence-electron chi connectivity index (χ1n) is 4.28. The number of benzene rings is 1. The van der Waals surface area contributed by atoms with Crippen LogP contribution >= 0.6 is 0 Å². The first-order valence-corrected chi connectivity index (χ1v) is 4.28. The second-order valence-corrected chi connectivity index (χ2v) is 3.18. The molecular weight excluding hydrogens is 178 g/mol. The normalized spacial score (nSPS) is 11.3. The molecule has 0 unspecified atom stereocenters. The van der Waals surface area contributed by atoms with Crippen LogP contribution in [0, 0.1) is 0 Å². The van der Waals surface area contributed by atoms with Crippen molar-refractivity contribution >= 4 is 16.6 Å². The lowest BCUT2D eigenvalue weighted by molar-refractivity contribution is 0.408. The van der Waals surface area contributed by atoms with Gasteiger partial charge >= 0.3 is 0 Å². The average molecular weight is 189 g/mol. The molecule has 1 heterocycles. The van der Waals surface area contributed by atoms with Crippen LogP contribution in [0.4, 0.5) is 5.69 Å². The Morgan fingerprint density at radius 1 is 1.36 bits per heavy atom. The molecule has 0 aliphatic rings. The van der Waals surface area contributed by atoms with Crippen LogP contribution in [0.5, 0.6) is 0 Å². The van der Waals surface area contributed by atoms with Gasteiger partial charge in [-0.2, -0.15) is 5.10 Å². The highest BCUT2D eigenvalue weighted by molar-refractivity contribution is 5.80. The van der Waals surface area contributed by atoms with E-state index in [-0.39, 0.29) is 0 Å². The molecule has 0 atom stereocenters. The second kappa shape index (κ2) is 3.45. The van der Waals surface area contributed by atoms with E-state index in [0.29, 0.717) is 0 Å². The van der Waals surface area contributed by atoms with Crippen molar-refractivity contribution in [2.24, 2.45) is 10.3 Å². The number of H-pyrrole nitrogens is 1. The summed E-state index contributed by atoms with van der Waals surface area (Å²) < 4.78 is 0. The second-order valence-electron chi connectivity index (χ2n) is 3.18. The summed E-state index contributed by atoms with van der Waals surface area (Å²) in [6.07, 6.45) is 1.77. The third-order valence-corrected chi connectivity index (χ3v) is 1.76. The molecule has 1 aromatic heterocycles. The molecule has 2 rings (SSSR count). The van der Waals surface area contributed by atoms with Crippen molar-refractivity contribution in [1.29, 1.82) is 0 Å². The van der Waals surface area contributed by atoms with Gasteiger partial charge in [0, 0.05) is 19.5 Å². The Bertz CT molecular complexity index is 457. The molecule has 0 spiro atoms. The predicted octanol–water partition coefficient (Wildman–Crippen LogP) is 2.12. The Balaban J connectivity index is 2.34. The number of fused-ring (bicyclic) bond motifs is 1. The number of hydrogen-bond donors (Lipinski definition) is 1. The topological polar surface area (TPSA) is 56.6 Å². The third kappa shape index (κ3) is 1.71. The third-order valence-electron chi connectivity index (χ3n) is 1.76. The van der Waals surface area contributed by atoms with Gasteiger partial charge in [0.15, 0.2) is 0 Å². The molecule has 0 saturated carbocycles. The molecular formula is C9H11N5. The van der Waals surface area contributed by atoms with E-state index in [9.17, 15) is 0 Å².